The van der Waals surface area contributed by atoms with Crippen molar-refractivity contribution < 1.29 is 13.9 Å². The third kappa shape index (κ3) is 3.90. The van der Waals surface area contributed by atoms with Crippen molar-refractivity contribution in [3.8, 4) is 0 Å². The first-order valence-corrected chi connectivity index (χ1v) is 14.1. The van der Waals surface area contributed by atoms with Crippen molar-refractivity contribution in [2.24, 2.45) is 11.3 Å². The molecule has 0 spiro atoms. The number of carbonyl (C=O) groups excluding carboxylic acids is 1. The zero-order valence-corrected chi connectivity index (χ0v) is 23.4. The second kappa shape index (κ2) is 8.95. The van der Waals surface area contributed by atoms with E-state index in [4.69, 9.17) is 9.15 Å². The molecule has 0 radical (unpaired) electrons. The molecule has 3 atom stereocenters. The van der Waals surface area contributed by atoms with E-state index in [2.05, 4.69) is 62.1 Å². The van der Waals surface area contributed by atoms with Gasteiger partial charge in [-0.15, -0.1) is 0 Å². The van der Waals surface area contributed by atoms with E-state index in [0.29, 0.717) is 47.4 Å². The molecule has 2 aliphatic heterocycles. The van der Waals surface area contributed by atoms with Gasteiger partial charge < -0.3 is 14.1 Å². The first-order chi connectivity index (χ1) is 19.2. The number of ketones is 1. The lowest BCUT2D eigenvalue weighted by Gasteiger charge is -2.49. The minimum atomic E-state index is -0.407. The molecule has 0 N–H and O–H groups in total. The van der Waals surface area contributed by atoms with Crippen LogP contribution in [0.15, 0.2) is 93.3 Å². The maximum Gasteiger partial charge on any atom is 0.208 e. The van der Waals surface area contributed by atoms with Crippen LogP contribution < -0.4 is 10.3 Å². The Balaban J connectivity index is 1.54. The molecule has 3 aromatic carbocycles. The maximum atomic E-state index is 14.5. The van der Waals surface area contributed by atoms with E-state index in [0.717, 1.165) is 28.1 Å². The molecule has 1 aromatic heterocycles. The fourth-order valence-electron chi connectivity index (χ4n) is 6.90. The fraction of sp³-hybridized carbons (Fsp3) is 0.314. The van der Waals surface area contributed by atoms with Gasteiger partial charge in [0.15, 0.2) is 11.2 Å². The number of hydrogen-bond donors (Lipinski definition) is 0. The van der Waals surface area contributed by atoms with Gasteiger partial charge >= 0.3 is 0 Å². The third-order valence-electron chi connectivity index (χ3n) is 8.76. The van der Waals surface area contributed by atoms with Crippen LogP contribution >= 0.6 is 0 Å². The van der Waals surface area contributed by atoms with E-state index in [1.54, 1.807) is 0 Å². The average Bonchev–Trinajstić information content (AvgIpc) is 2.92. The highest BCUT2D eigenvalue weighted by Gasteiger charge is 2.52. The van der Waals surface area contributed by atoms with Crippen LogP contribution in [0.5, 0.6) is 0 Å². The van der Waals surface area contributed by atoms with Crippen LogP contribution in [-0.2, 0) is 9.53 Å². The first kappa shape index (κ1) is 24.9. The fourth-order valence-corrected chi connectivity index (χ4v) is 6.90. The van der Waals surface area contributed by atoms with Crippen LogP contribution in [0, 0.1) is 25.2 Å². The van der Waals surface area contributed by atoms with Crippen molar-refractivity contribution in [2.75, 3.05) is 11.4 Å². The van der Waals surface area contributed by atoms with E-state index < -0.39 is 5.92 Å². The highest BCUT2D eigenvalue weighted by atomic mass is 16.5. The quantitative estimate of drug-likeness (QED) is 0.266. The summed E-state index contributed by atoms with van der Waals surface area (Å²) < 4.78 is 13.4. The summed E-state index contributed by atoms with van der Waals surface area (Å²) in [6.45, 7) is 8.81. The first-order valence-electron chi connectivity index (χ1n) is 14.1. The van der Waals surface area contributed by atoms with E-state index in [1.807, 2.05) is 43.3 Å². The molecule has 4 aromatic rings. The molecule has 0 bridgehead atoms. The van der Waals surface area contributed by atoms with Gasteiger partial charge in [-0.3, -0.25) is 9.59 Å². The van der Waals surface area contributed by atoms with Crippen LogP contribution in [0.3, 0.4) is 0 Å². The van der Waals surface area contributed by atoms with E-state index in [9.17, 15) is 9.59 Å². The molecule has 0 unspecified atom stereocenters. The van der Waals surface area contributed by atoms with Crippen molar-refractivity contribution >= 4 is 28.3 Å². The Hall–Kier alpha value is -4.12. The molecule has 40 heavy (non-hydrogen) atoms. The lowest BCUT2D eigenvalue weighted by molar-refractivity contribution is -0.121. The van der Waals surface area contributed by atoms with E-state index >= 15 is 0 Å². The molecule has 3 aliphatic rings. The molecule has 202 valence electrons. The molecule has 0 saturated heterocycles. The SMILES string of the molecule is Cc1ccc(N2C[C@@H]3[C@@H](c4ccccc4)OC4=C(C(=O)CC(C)(C)C4)[C@@H]3c3c2oc2ccc(C)cc2c3=O)cc1. The van der Waals surface area contributed by atoms with Gasteiger partial charge in [-0.1, -0.05) is 73.5 Å². The number of anilines is 2. The monoisotopic (exact) mass is 531 g/mol. The van der Waals surface area contributed by atoms with E-state index in [1.165, 1.54) is 0 Å². The summed E-state index contributed by atoms with van der Waals surface area (Å²) in [6.07, 6.45) is 0.791. The normalized spacial score (nSPS) is 23.4. The molecule has 3 heterocycles. The number of fused-ring (bicyclic) bond motifs is 5. The maximum absolute atomic E-state index is 14.5. The average molecular weight is 532 g/mol. The second-order valence-corrected chi connectivity index (χ2v) is 12.5. The summed E-state index contributed by atoms with van der Waals surface area (Å²) in [7, 11) is 0. The Bertz CT molecular complexity index is 1750. The number of ether oxygens (including phenoxy) is 1. The summed E-state index contributed by atoms with van der Waals surface area (Å²) in [5.41, 5.74) is 5.67. The molecular weight excluding hydrogens is 498 g/mol. The Morgan fingerprint density at radius 2 is 1.60 bits per heavy atom. The summed E-state index contributed by atoms with van der Waals surface area (Å²) in [6, 6.07) is 24.2. The van der Waals surface area contributed by atoms with Crippen LogP contribution in [0.4, 0.5) is 11.6 Å². The van der Waals surface area contributed by atoms with Gasteiger partial charge in [0.05, 0.1) is 10.9 Å². The Morgan fingerprint density at radius 3 is 2.35 bits per heavy atom. The van der Waals surface area contributed by atoms with Crippen LogP contribution in [0.25, 0.3) is 11.0 Å². The summed E-state index contributed by atoms with van der Waals surface area (Å²) >= 11 is 0. The summed E-state index contributed by atoms with van der Waals surface area (Å²) in [4.78, 5) is 30.5. The highest BCUT2D eigenvalue weighted by molar-refractivity contribution is 6.00. The van der Waals surface area contributed by atoms with Gasteiger partial charge in [0.1, 0.15) is 17.4 Å². The molecule has 5 nitrogen and oxygen atoms in total. The molecule has 1 aliphatic carbocycles. The minimum absolute atomic E-state index is 0.0649. The zero-order valence-electron chi connectivity index (χ0n) is 23.4. The van der Waals surface area contributed by atoms with E-state index in [-0.39, 0.29) is 28.6 Å². The Morgan fingerprint density at radius 1 is 0.875 bits per heavy atom. The summed E-state index contributed by atoms with van der Waals surface area (Å²) in [5, 5.41) is 0.553. The number of benzene rings is 3. The number of aryl methyl sites for hydroxylation is 2. The predicted molar refractivity (Wildman–Crippen MR) is 157 cm³/mol. The molecule has 0 fully saturated rings. The molecule has 5 heteroatoms. The van der Waals surface area contributed by atoms with Gasteiger partial charge in [0.25, 0.3) is 0 Å². The van der Waals surface area contributed by atoms with Gasteiger partial charge in [0, 0.05) is 42.5 Å². The van der Waals surface area contributed by atoms with Gasteiger partial charge in [0.2, 0.25) is 5.88 Å². The van der Waals surface area contributed by atoms with Crippen molar-refractivity contribution in [1.82, 2.24) is 0 Å². The van der Waals surface area contributed by atoms with Crippen molar-refractivity contribution in [3.05, 3.63) is 117 Å². The number of rotatable bonds is 2. The lowest BCUT2D eigenvalue weighted by atomic mass is 9.65. The second-order valence-electron chi connectivity index (χ2n) is 12.5. The molecule has 7 rings (SSSR count). The van der Waals surface area contributed by atoms with Crippen molar-refractivity contribution in [2.45, 2.75) is 52.6 Å². The Labute approximate surface area is 234 Å². The van der Waals surface area contributed by atoms with Crippen LogP contribution in [-0.4, -0.2) is 12.3 Å². The smallest absolute Gasteiger partial charge is 0.208 e. The molecule has 0 amide bonds. The molecular formula is C35H33NO4. The third-order valence-corrected chi connectivity index (χ3v) is 8.76. The van der Waals surface area contributed by atoms with Crippen molar-refractivity contribution in [1.29, 1.82) is 0 Å². The molecule has 0 saturated carbocycles. The summed E-state index contributed by atoms with van der Waals surface area (Å²) in [5.74, 6) is 0.770. The topological polar surface area (TPSA) is 59.8 Å². The lowest BCUT2D eigenvalue weighted by Crippen LogP contribution is -2.47. The van der Waals surface area contributed by atoms with Crippen LogP contribution in [0.2, 0.25) is 0 Å². The van der Waals surface area contributed by atoms with Gasteiger partial charge in [-0.2, -0.15) is 0 Å². The number of allylic oxidation sites excluding steroid dienone is 2. The predicted octanol–water partition coefficient (Wildman–Crippen LogP) is 7.68. The minimum Gasteiger partial charge on any atom is -0.489 e. The van der Waals surface area contributed by atoms with Gasteiger partial charge in [-0.25, -0.2) is 0 Å². The zero-order chi connectivity index (χ0) is 27.8. The number of Topliss-reactive ketones (excluding diaryl/α,β-unsaturated/α-hetero) is 1. The number of carbonyl (C=O) groups is 1. The largest absolute Gasteiger partial charge is 0.489 e. The highest BCUT2D eigenvalue weighted by Crippen LogP contribution is 2.57. The van der Waals surface area contributed by atoms with Crippen molar-refractivity contribution in [3.63, 3.8) is 0 Å². The Kier molecular flexibility index (Phi) is 5.57. The standard InChI is InChI=1S/C35H33NO4/c1-20-10-13-23(14-11-20)36-19-25-29(31-32(38)24-16-21(2)12-15-27(24)40-34(31)36)30-26(37)17-35(3,4)18-28(30)39-33(25)22-8-6-5-7-9-22/h5-16,25,29,33H,17-19H2,1-4H3/t25-,29+,33+/m0/s1. The number of hydrogen-bond acceptors (Lipinski definition) is 5. The number of nitrogens with zero attached hydrogens (tertiary/aromatic N) is 1. The van der Waals surface area contributed by atoms with Crippen LogP contribution in [0.1, 0.15) is 61.0 Å². The van der Waals surface area contributed by atoms with Gasteiger partial charge in [-0.05, 0) is 49.1 Å².